The SMILES string of the molecule is Cc1ccc(N(Cc2cc3ccccc3[nH]c2=O)C(=O)c2ccccc2Br)cc1. The number of hydrogen-bond acceptors (Lipinski definition) is 2. The van der Waals surface area contributed by atoms with E-state index in [1.54, 1.807) is 11.0 Å². The molecule has 1 N–H and O–H groups in total. The highest BCUT2D eigenvalue weighted by Gasteiger charge is 2.21. The molecule has 0 aliphatic rings. The summed E-state index contributed by atoms with van der Waals surface area (Å²) in [6.07, 6.45) is 0. The van der Waals surface area contributed by atoms with E-state index in [4.69, 9.17) is 0 Å². The highest BCUT2D eigenvalue weighted by Crippen LogP contribution is 2.24. The van der Waals surface area contributed by atoms with Crippen molar-refractivity contribution in [2.75, 3.05) is 4.90 Å². The monoisotopic (exact) mass is 446 g/mol. The largest absolute Gasteiger partial charge is 0.322 e. The van der Waals surface area contributed by atoms with E-state index in [9.17, 15) is 9.59 Å². The molecule has 0 atom stereocenters. The second-order valence-electron chi connectivity index (χ2n) is 6.92. The lowest BCUT2D eigenvalue weighted by Gasteiger charge is -2.23. The third kappa shape index (κ3) is 4.00. The van der Waals surface area contributed by atoms with Crippen molar-refractivity contribution in [3.05, 3.63) is 110 Å². The maximum atomic E-state index is 13.4. The van der Waals surface area contributed by atoms with Crippen LogP contribution < -0.4 is 10.5 Å². The van der Waals surface area contributed by atoms with E-state index >= 15 is 0 Å². The van der Waals surface area contributed by atoms with Crippen molar-refractivity contribution in [1.82, 2.24) is 4.98 Å². The summed E-state index contributed by atoms with van der Waals surface area (Å²) in [6.45, 7) is 2.17. The van der Waals surface area contributed by atoms with E-state index in [1.807, 2.05) is 79.7 Å². The number of para-hydroxylation sites is 1. The van der Waals surface area contributed by atoms with Gasteiger partial charge in [-0.1, -0.05) is 48.0 Å². The fourth-order valence-corrected chi connectivity index (χ4v) is 3.72. The molecule has 4 rings (SSSR count). The van der Waals surface area contributed by atoms with E-state index in [1.165, 1.54) is 0 Å². The molecular formula is C24H19BrN2O2. The molecule has 144 valence electrons. The molecule has 29 heavy (non-hydrogen) atoms. The van der Waals surface area contributed by atoms with Gasteiger partial charge in [-0.2, -0.15) is 0 Å². The second-order valence-corrected chi connectivity index (χ2v) is 7.77. The van der Waals surface area contributed by atoms with Crippen molar-refractivity contribution in [1.29, 1.82) is 0 Å². The average Bonchev–Trinajstić information content (AvgIpc) is 2.73. The van der Waals surface area contributed by atoms with Gasteiger partial charge in [0.1, 0.15) is 0 Å². The van der Waals surface area contributed by atoms with Crippen molar-refractivity contribution in [3.8, 4) is 0 Å². The lowest BCUT2D eigenvalue weighted by molar-refractivity contribution is 0.0984. The minimum absolute atomic E-state index is 0.170. The van der Waals surface area contributed by atoms with Crippen LogP contribution >= 0.6 is 15.9 Å². The summed E-state index contributed by atoms with van der Waals surface area (Å²) < 4.78 is 0.717. The summed E-state index contributed by atoms with van der Waals surface area (Å²) in [4.78, 5) is 30.6. The molecule has 0 bridgehead atoms. The second kappa shape index (κ2) is 8.05. The minimum atomic E-state index is -0.194. The quantitative estimate of drug-likeness (QED) is 0.453. The minimum Gasteiger partial charge on any atom is -0.322 e. The molecule has 0 radical (unpaired) electrons. The summed E-state index contributed by atoms with van der Waals surface area (Å²) in [5, 5.41) is 0.930. The topological polar surface area (TPSA) is 53.2 Å². The van der Waals surface area contributed by atoms with E-state index in [-0.39, 0.29) is 18.0 Å². The molecule has 0 aliphatic carbocycles. The van der Waals surface area contributed by atoms with Gasteiger partial charge < -0.3 is 9.88 Å². The molecule has 0 saturated carbocycles. The Morgan fingerprint density at radius 3 is 2.41 bits per heavy atom. The van der Waals surface area contributed by atoms with E-state index in [0.717, 1.165) is 26.6 Å². The Kier molecular flexibility index (Phi) is 5.32. The van der Waals surface area contributed by atoms with Crippen LogP contribution in [0, 0.1) is 6.92 Å². The molecule has 0 fully saturated rings. The number of nitrogens with zero attached hydrogens (tertiary/aromatic N) is 1. The van der Waals surface area contributed by atoms with Gasteiger partial charge in [0, 0.05) is 21.2 Å². The molecule has 0 unspecified atom stereocenters. The summed E-state index contributed by atoms with van der Waals surface area (Å²) in [7, 11) is 0. The van der Waals surface area contributed by atoms with Crippen LogP contribution in [0.3, 0.4) is 0 Å². The first-order valence-electron chi connectivity index (χ1n) is 9.27. The fourth-order valence-electron chi connectivity index (χ4n) is 3.27. The number of rotatable bonds is 4. The highest BCUT2D eigenvalue weighted by atomic mass is 79.9. The van der Waals surface area contributed by atoms with Crippen LogP contribution in [-0.2, 0) is 6.54 Å². The lowest BCUT2D eigenvalue weighted by atomic mass is 10.1. The van der Waals surface area contributed by atoms with Crippen LogP contribution in [0.4, 0.5) is 5.69 Å². The molecule has 0 aliphatic heterocycles. The van der Waals surface area contributed by atoms with Gasteiger partial charge in [0.2, 0.25) is 0 Å². The van der Waals surface area contributed by atoms with Crippen LogP contribution in [0.2, 0.25) is 0 Å². The smallest absolute Gasteiger partial charge is 0.259 e. The van der Waals surface area contributed by atoms with E-state index < -0.39 is 0 Å². The number of H-pyrrole nitrogens is 1. The molecule has 5 heteroatoms. The van der Waals surface area contributed by atoms with Crippen molar-refractivity contribution in [2.45, 2.75) is 13.5 Å². The maximum Gasteiger partial charge on any atom is 0.259 e. The first kappa shape index (κ1) is 19.2. The Labute approximate surface area is 176 Å². The van der Waals surface area contributed by atoms with Gasteiger partial charge in [-0.15, -0.1) is 0 Å². The molecule has 1 amide bonds. The zero-order chi connectivity index (χ0) is 20.4. The zero-order valence-corrected chi connectivity index (χ0v) is 17.4. The van der Waals surface area contributed by atoms with Crippen LogP contribution in [0.25, 0.3) is 10.9 Å². The molecule has 4 nitrogen and oxygen atoms in total. The number of benzene rings is 3. The summed E-state index contributed by atoms with van der Waals surface area (Å²) >= 11 is 3.47. The van der Waals surface area contributed by atoms with Crippen molar-refractivity contribution in [3.63, 3.8) is 0 Å². The van der Waals surface area contributed by atoms with Crippen LogP contribution in [0.15, 0.2) is 88.1 Å². The Balaban J connectivity index is 1.80. The summed E-state index contributed by atoms with van der Waals surface area (Å²) in [5.41, 5.74) is 3.51. The number of amides is 1. The molecule has 3 aromatic carbocycles. The van der Waals surface area contributed by atoms with Crippen LogP contribution in [0.5, 0.6) is 0 Å². The number of halogens is 1. The van der Waals surface area contributed by atoms with Crippen LogP contribution in [-0.4, -0.2) is 10.9 Å². The third-order valence-corrected chi connectivity index (χ3v) is 5.55. The van der Waals surface area contributed by atoms with Crippen molar-refractivity contribution < 1.29 is 4.79 Å². The molecule has 4 aromatic rings. The molecule has 0 spiro atoms. The van der Waals surface area contributed by atoms with Gasteiger partial charge in [0.05, 0.1) is 12.1 Å². The maximum absolute atomic E-state index is 13.4. The van der Waals surface area contributed by atoms with Gasteiger partial charge >= 0.3 is 0 Å². The predicted molar refractivity (Wildman–Crippen MR) is 120 cm³/mol. The molecule has 1 heterocycles. The number of pyridine rings is 1. The Morgan fingerprint density at radius 1 is 0.966 bits per heavy atom. The van der Waals surface area contributed by atoms with E-state index in [2.05, 4.69) is 20.9 Å². The first-order chi connectivity index (χ1) is 14.0. The number of aryl methyl sites for hydroxylation is 1. The predicted octanol–water partition coefficient (Wildman–Crippen LogP) is 5.45. The standard InChI is InChI=1S/C24H19BrN2O2/c1-16-10-12-19(13-11-16)27(24(29)20-7-3-4-8-21(20)25)15-18-14-17-6-2-5-9-22(17)26-23(18)28/h2-14H,15H2,1H3,(H,26,28). The number of anilines is 1. The van der Waals surface area contributed by atoms with Gasteiger partial charge in [0.15, 0.2) is 0 Å². The van der Waals surface area contributed by atoms with E-state index in [0.29, 0.717) is 11.1 Å². The number of nitrogens with one attached hydrogen (secondary N) is 1. The van der Waals surface area contributed by atoms with Gasteiger partial charge in [-0.3, -0.25) is 9.59 Å². The Bertz CT molecular complexity index is 1250. The number of carbonyl (C=O) groups is 1. The number of hydrogen-bond donors (Lipinski definition) is 1. The van der Waals surface area contributed by atoms with Crippen molar-refractivity contribution in [2.24, 2.45) is 0 Å². The van der Waals surface area contributed by atoms with Crippen molar-refractivity contribution >= 4 is 38.4 Å². The normalized spacial score (nSPS) is 10.8. The summed E-state index contributed by atoms with van der Waals surface area (Å²) in [6, 6.07) is 24.5. The van der Waals surface area contributed by atoms with Gasteiger partial charge in [0.25, 0.3) is 11.5 Å². The highest BCUT2D eigenvalue weighted by molar-refractivity contribution is 9.10. The number of carbonyl (C=O) groups excluding carboxylic acids is 1. The third-order valence-electron chi connectivity index (χ3n) is 4.85. The van der Waals surface area contributed by atoms with Crippen LogP contribution in [0.1, 0.15) is 21.5 Å². The number of fused-ring (bicyclic) bond motifs is 1. The summed E-state index contributed by atoms with van der Waals surface area (Å²) in [5.74, 6) is -0.172. The Hall–Kier alpha value is -3.18. The lowest BCUT2D eigenvalue weighted by Crippen LogP contribution is -2.33. The number of aromatic amines is 1. The molecule has 0 saturated heterocycles. The Morgan fingerprint density at radius 2 is 1.66 bits per heavy atom. The van der Waals surface area contributed by atoms with Gasteiger partial charge in [-0.05, 0) is 64.6 Å². The fraction of sp³-hybridized carbons (Fsp3) is 0.0833. The molecule has 1 aromatic heterocycles. The van der Waals surface area contributed by atoms with Gasteiger partial charge in [-0.25, -0.2) is 0 Å². The molecular weight excluding hydrogens is 428 g/mol. The average molecular weight is 447 g/mol. The number of aromatic nitrogens is 1. The first-order valence-corrected chi connectivity index (χ1v) is 10.1. The zero-order valence-electron chi connectivity index (χ0n) is 15.9.